The second kappa shape index (κ2) is 9.68. The fourth-order valence-electron chi connectivity index (χ4n) is 3.65. The predicted molar refractivity (Wildman–Crippen MR) is 124 cm³/mol. The van der Waals surface area contributed by atoms with Crippen LogP contribution in [0.4, 0.5) is 0 Å². The average molecular weight is 403 g/mol. The second-order valence-corrected chi connectivity index (χ2v) is 7.94. The van der Waals surface area contributed by atoms with Crippen LogP contribution in [0, 0.1) is 12.8 Å². The van der Waals surface area contributed by atoms with Gasteiger partial charge in [-0.05, 0) is 66.6 Å². The maximum atomic E-state index is 11.7. The standard InChI is InChI=1S/C26H30N2O2/c1-5-30-25(29)13-9-19-8-12-23-21(15-19)26(20-10-6-18(4)7-11-20)22(16-27)24(28-23)14-17(2)3/h6-13,15,17H,5,14,16,27H2,1-4H3. The Balaban J connectivity index is 2.23. The average Bonchev–Trinajstić information content (AvgIpc) is 2.72. The first-order valence-electron chi connectivity index (χ1n) is 10.5. The lowest BCUT2D eigenvalue weighted by molar-refractivity contribution is -0.137. The van der Waals surface area contributed by atoms with Gasteiger partial charge in [-0.1, -0.05) is 49.7 Å². The van der Waals surface area contributed by atoms with Crippen LogP contribution in [0.15, 0.2) is 48.5 Å². The smallest absolute Gasteiger partial charge is 0.330 e. The van der Waals surface area contributed by atoms with Gasteiger partial charge in [0.15, 0.2) is 0 Å². The number of esters is 1. The number of aryl methyl sites for hydroxylation is 1. The Hall–Kier alpha value is -2.98. The van der Waals surface area contributed by atoms with Gasteiger partial charge in [0.2, 0.25) is 0 Å². The van der Waals surface area contributed by atoms with Gasteiger partial charge < -0.3 is 10.5 Å². The van der Waals surface area contributed by atoms with E-state index in [2.05, 4.69) is 51.1 Å². The zero-order valence-corrected chi connectivity index (χ0v) is 18.2. The highest BCUT2D eigenvalue weighted by atomic mass is 16.5. The van der Waals surface area contributed by atoms with Crippen molar-refractivity contribution in [1.82, 2.24) is 4.98 Å². The van der Waals surface area contributed by atoms with Gasteiger partial charge in [0.1, 0.15) is 0 Å². The van der Waals surface area contributed by atoms with E-state index >= 15 is 0 Å². The van der Waals surface area contributed by atoms with Crippen molar-refractivity contribution in [2.24, 2.45) is 11.7 Å². The highest BCUT2D eigenvalue weighted by Gasteiger charge is 2.17. The van der Waals surface area contributed by atoms with Gasteiger partial charge in [-0.3, -0.25) is 4.98 Å². The Morgan fingerprint density at radius 2 is 1.90 bits per heavy atom. The van der Waals surface area contributed by atoms with E-state index < -0.39 is 0 Å². The molecule has 1 aromatic heterocycles. The third-order valence-electron chi connectivity index (χ3n) is 5.04. The summed E-state index contributed by atoms with van der Waals surface area (Å²) in [5, 5.41) is 1.04. The monoisotopic (exact) mass is 402 g/mol. The van der Waals surface area contributed by atoms with Crippen LogP contribution < -0.4 is 5.73 Å². The molecule has 0 aliphatic rings. The zero-order valence-electron chi connectivity index (χ0n) is 18.2. The largest absolute Gasteiger partial charge is 0.463 e. The first kappa shape index (κ1) is 21.7. The van der Waals surface area contributed by atoms with E-state index in [1.54, 1.807) is 13.0 Å². The molecule has 0 saturated heterocycles. The van der Waals surface area contributed by atoms with Gasteiger partial charge >= 0.3 is 5.97 Å². The molecule has 4 nitrogen and oxygen atoms in total. The summed E-state index contributed by atoms with van der Waals surface area (Å²) in [4.78, 5) is 16.7. The number of hydrogen-bond acceptors (Lipinski definition) is 4. The van der Waals surface area contributed by atoms with Crippen LogP contribution in [0.2, 0.25) is 0 Å². The molecule has 0 spiro atoms. The molecule has 0 aliphatic carbocycles. The number of ether oxygens (including phenoxy) is 1. The molecule has 2 aromatic carbocycles. The first-order chi connectivity index (χ1) is 14.4. The van der Waals surface area contributed by atoms with Crippen LogP contribution in [0.25, 0.3) is 28.1 Å². The van der Waals surface area contributed by atoms with E-state index in [-0.39, 0.29) is 5.97 Å². The number of hydrogen-bond donors (Lipinski definition) is 1. The fraction of sp³-hybridized carbons (Fsp3) is 0.308. The Labute approximate surface area is 178 Å². The molecule has 156 valence electrons. The third kappa shape index (κ3) is 4.95. The highest BCUT2D eigenvalue weighted by molar-refractivity contribution is 5.98. The summed E-state index contributed by atoms with van der Waals surface area (Å²) < 4.78 is 4.99. The van der Waals surface area contributed by atoms with Crippen LogP contribution in [-0.2, 0) is 22.5 Å². The predicted octanol–water partition coefficient (Wildman–Crippen LogP) is 5.44. The molecule has 2 N–H and O–H groups in total. The number of benzene rings is 2. The van der Waals surface area contributed by atoms with Crippen molar-refractivity contribution >= 4 is 22.9 Å². The van der Waals surface area contributed by atoms with Gasteiger partial charge in [0.25, 0.3) is 0 Å². The first-order valence-corrected chi connectivity index (χ1v) is 10.5. The summed E-state index contributed by atoms with van der Waals surface area (Å²) in [6, 6.07) is 14.6. The van der Waals surface area contributed by atoms with Crippen molar-refractivity contribution in [3.05, 3.63) is 70.9 Å². The lowest BCUT2D eigenvalue weighted by Gasteiger charge is -2.18. The summed E-state index contributed by atoms with van der Waals surface area (Å²) in [6.07, 6.45) is 4.12. The van der Waals surface area contributed by atoms with Crippen molar-refractivity contribution in [2.75, 3.05) is 6.61 Å². The molecule has 0 radical (unpaired) electrons. The minimum absolute atomic E-state index is 0.343. The van der Waals surface area contributed by atoms with Gasteiger partial charge in [0.05, 0.1) is 12.1 Å². The fourth-order valence-corrected chi connectivity index (χ4v) is 3.65. The Bertz CT molecular complexity index is 1070. The molecule has 0 bridgehead atoms. The van der Waals surface area contributed by atoms with Crippen LogP contribution >= 0.6 is 0 Å². The molecule has 0 aliphatic heterocycles. The maximum Gasteiger partial charge on any atom is 0.330 e. The normalized spacial score (nSPS) is 11.5. The van der Waals surface area contributed by atoms with E-state index in [0.29, 0.717) is 19.1 Å². The number of carbonyl (C=O) groups excluding carboxylic acids is 1. The summed E-state index contributed by atoms with van der Waals surface area (Å²) in [7, 11) is 0. The number of nitrogens with zero attached hydrogens (tertiary/aromatic N) is 1. The third-order valence-corrected chi connectivity index (χ3v) is 5.04. The van der Waals surface area contributed by atoms with Crippen LogP contribution in [-0.4, -0.2) is 17.6 Å². The van der Waals surface area contributed by atoms with Crippen LogP contribution in [0.1, 0.15) is 43.2 Å². The van der Waals surface area contributed by atoms with E-state index in [9.17, 15) is 4.79 Å². The Kier molecular flexibility index (Phi) is 7.01. The lowest BCUT2D eigenvalue weighted by Crippen LogP contribution is -2.10. The Morgan fingerprint density at radius 1 is 1.17 bits per heavy atom. The minimum Gasteiger partial charge on any atom is -0.463 e. The summed E-state index contributed by atoms with van der Waals surface area (Å²) in [6.45, 7) is 9.06. The molecule has 30 heavy (non-hydrogen) atoms. The summed E-state index contributed by atoms with van der Waals surface area (Å²) in [5.41, 5.74) is 13.7. The summed E-state index contributed by atoms with van der Waals surface area (Å²) in [5.74, 6) is 0.141. The molecular formula is C26H30N2O2. The molecule has 0 amide bonds. The highest BCUT2D eigenvalue weighted by Crippen LogP contribution is 2.34. The van der Waals surface area contributed by atoms with Crippen molar-refractivity contribution in [2.45, 2.75) is 40.7 Å². The molecule has 0 unspecified atom stereocenters. The van der Waals surface area contributed by atoms with E-state index in [1.807, 2.05) is 12.1 Å². The van der Waals surface area contributed by atoms with Gasteiger partial charge in [-0.2, -0.15) is 0 Å². The van der Waals surface area contributed by atoms with E-state index in [0.717, 1.165) is 45.3 Å². The maximum absolute atomic E-state index is 11.7. The molecule has 0 atom stereocenters. The molecular weight excluding hydrogens is 372 g/mol. The topological polar surface area (TPSA) is 65.2 Å². The lowest BCUT2D eigenvalue weighted by atomic mass is 9.90. The molecule has 1 heterocycles. The quantitative estimate of drug-likeness (QED) is 0.422. The number of rotatable bonds is 7. The summed E-state index contributed by atoms with van der Waals surface area (Å²) >= 11 is 0. The SMILES string of the molecule is CCOC(=O)C=Cc1ccc2nc(CC(C)C)c(CN)c(-c3ccc(C)cc3)c2c1. The second-order valence-electron chi connectivity index (χ2n) is 7.94. The molecule has 3 aromatic rings. The Morgan fingerprint density at radius 3 is 2.53 bits per heavy atom. The van der Waals surface area contributed by atoms with Gasteiger partial charge in [0, 0.05) is 23.7 Å². The minimum atomic E-state index is -0.343. The van der Waals surface area contributed by atoms with Gasteiger partial charge in [-0.15, -0.1) is 0 Å². The number of carbonyl (C=O) groups is 1. The van der Waals surface area contributed by atoms with Crippen molar-refractivity contribution in [3.63, 3.8) is 0 Å². The van der Waals surface area contributed by atoms with Crippen molar-refractivity contribution in [3.8, 4) is 11.1 Å². The van der Waals surface area contributed by atoms with Crippen molar-refractivity contribution in [1.29, 1.82) is 0 Å². The molecule has 0 fully saturated rings. The van der Waals surface area contributed by atoms with E-state index in [4.69, 9.17) is 15.5 Å². The van der Waals surface area contributed by atoms with E-state index in [1.165, 1.54) is 11.6 Å². The number of nitrogens with two attached hydrogens (primary N) is 1. The van der Waals surface area contributed by atoms with Crippen LogP contribution in [0.3, 0.4) is 0 Å². The molecule has 0 saturated carbocycles. The molecule has 3 rings (SSSR count). The number of fused-ring (bicyclic) bond motifs is 1. The van der Waals surface area contributed by atoms with Gasteiger partial charge in [-0.25, -0.2) is 4.79 Å². The zero-order chi connectivity index (χ0) is 21.7. The number of aromatic nitrogens is 1. The molecule has 4 heteroatoms. The number of pyridine rings is 1. The van der Waals surface area contributed by atoms with Crippen molar-refractivity contribution < 1.29 is 9.53 Å². The van der Waals surface area contributed by atoms with Crippen LogP contribution in [0.5, 0.6) is 0 Å².